The first-order valence-electron chi connectivity index (χ1n) is 6.88. The van der Waals surface area contributed by atoms with Crippen LogP contribution in [0.1, 0.15) is 20.8 Å². The number of amides is 2. The van der Waals surface area contributed by atoms with E-state index < -0.39 is 5.41 Å². The van der Waals surface area contributed by atoms with Gasteiger partial charge in [0.25, 0.3) is 0 Å². The molecule has 6 nitrogen and oxygen atoms in total. The summed E-state index contributed by atoms with van der Waals surface area (Å²) in [6.45, 7) is 6.24. The van der Waals surface area contributed by atoms with Crippen molar-refractivity contribution >= 4 is 23.2 Å². The molecule has 0 radical (unpaired) electrons. The van der Waals surface area contributed by atoms with Crippen molar-refractivity contribution in [2.24, 2.45) is 5.41 Å². The van der Waals surface area contributed by atoms with E-state index in [-0.39, 0.29) is 25.0 Å². The number of anilines is 2. The van der Waals surface area contributed by atoms with Crippen molar-refractivity contribution in [3.63, 3.8) is 0 Å². The number of benzene rings is 1. The van der Waals surface area contributed by atoms with Crippen LogP contribution >= 0.6 is 0 Å². The van der Waals surface area contributed by atoms with Crippen molar-refractivity contribution < 1.29 is 19.1 Å². The number of hydrogen-bond acceptors (Lipinski definition) is 4. The van der Waals surface area contributed by atoms with Crippen LogP contribution in [0.5, 0.6) is 5.75 Å². The second-order valence-electron chi connectivity index (χ2n) is 5.52. The number of carbonyl (C=O) groups excluding carboxylic acids is 2. The van der Waals surface area contributed by atoms with Crippen LogP contribution in [0.2, 0.25) is 0 Å². The summed E-state index contributed by atoms with van der Waals surface area (Å²) >= 11 is 0. The second-order valence-corrected chi connectivity index (χ2v) is 5.52. The van der Waals surface area contributed by atoms with Crippen molar-refractivity contribution in [2.75, 3.05) is 30.5 Å². The number of hydrogen-bond donors (Lipinski definition) is 2. The fourth-order valence-corrected chi connectivity index (χ4v) is 1.83. The molecule has 0 aromatic heterocycles. The minimum absolute atomic E-state index is 0.0121. The summed E-state index contributed by atoms with van der Waals surface area (Å²) < 4.78 is 10.7. The average Bonchev–Trinajstić information content (AvgIpc) is 2.55. The summed E-state index contributed by atoms with van der Waals surface area (Å²) in [5.74, 6) is 0.229. The van der Waals surface area contributed by atoms with E-state index in [0.29, 0.717) is 23.7 Å². The highest BCUT2D eigenvalue weighted by molar-refractivity contribution is 5.98. The van der Waals surface area contributed by atoms with Crippen LogP contribution in [0, 0.1) is 5.41 Å². The first-order chi connectivity index (χ1) is 9.92. The van der Waals surface area contributed by atoms with Gasteiger partial charge in [0, 0.05) is 18.4 Å². The van der Waals surface area contributed by atoms with Crippen LogP contribution in [0.25, 0.3) is 0 Å². The Morgan fingerprint density at radius 3 is 2.95 bits per heavy atom. The predicted octanol–water partition coefficient (Wildman–Crippen LogP) is 2.02. The monoisotopic (exact) mass is 292 g/mol. The third-order valence-electron chi connectivity index (χ3n) is 3.15. The molecule has 0 saturated carbocycles. The van der Waals surface area contributed by atoms with E-state index in [4.69, 9.17) is 9.47 Å². The molecule has 6 heteroatoms. The van der Waals surface area contributed by atoms with E-state index in [9.17, 15) is 9.59 Å². The summed E-state index contributed by atoms with van der Waals surface area (Å²) in [5, 5.41) is 5.55. The molecule has 0 saturated heterocycles. The molecule has 2 amide bonds. The Morgan fingerprint density at radius 1 is 1.48 bits per heavy atom. The van der Waals surface area contributed by atoms with Crippen LogP contribution in [0.15, 0.2) is 18.2 Å². The number of nitrogens with one attached hydrogen (secondary N) is 2. The first kappa shape index (κ1) is 15.3. The standard InChI is InChI=1S/C15H20N2O4/c1-4-20-8-13(18)16-10-5-6-11-12(7-10)21-9-15(2,3)14(19)17-11/h5-7H,4,8-9H2,1-3H3,(H,16,18)(H,17,19). The smallest absolute Gasteiger partial charge is 0.250 e. The Hall–Kier alpha value is -2.08. The molecular weight excluding hydrogens is 272 g/mol. The van der Waals surface area contributed by atoms with E-state index >= 15 is 0 Å². The molecule has 1 aromatic carbocycles. The molecule has 2 N–H and O–H groups in total. The normalized spacial score (nSPS) is 16.2. The van der Waals surface area contributed by atoms with Crippen LogP contribution in [0.4, 0.5) is 11.4 Å². The maximum atomic E-state index is 12.0. The van der Waals surface area contributed by atoms with Crippen LogP contribution < -0.4 is 15.4 Å². The topological polar surface area (TPSA) is 76.7 Å². The van der Waals surface area contributed by atoms with E-state index in [2.05, 4.69) is 10.6 Å². The van der Waals surface area contributed by atoms with Gasteiger partial charge in [0.2, 0.25) is 11.8 Å². The third kappa shape index (κ3) is 3.72. The molecule has 0 fully saturated rings. The lowest BCUT2D eigenvalue weighted by Crippen LogP contribution is -2.33. The van der Waals surface area contributed by atoms with Crippen LogP contribution in [-0.2, 0) is 14.3 Å². The molecule has 1 aliphatic heterocycles. The van der Waals surface area contributed by atoms with Gasteiger partial charge in [0.15, 0.2) is 0 Å². The van der Waals surface area contributed by atoms with Gasteiger partial charge in [0.1, 0.15) is 19.0 Å². The van der Waals surface area contributed by atoms with E-state index in [1.54, 1.807) is 18.2 Å². The molecule has 0 spiro atoms. The van der Waals surface area contributed by atoms with Crippen molar-refractivity contribution in [3.05, 3.63) is 18.2 Å². The molecule has 0 bridgehead atoms. The number of ether oxygens (including phenoxy) is 2. The van der Waals surface area contributed by atoms with Gasteiger partial charge >= 0.3 is 0 Å². The molecule has 21 heavy (non-hydrogen) atoms. The quantitative estimate of drug-likeness (QED) is 0.890. The molecule has 114 valence electrons. The van der Waals surface area contributed by atoms with Gasteiger partial charge in [-0.2, -0.15) is 0 Å². The zero-order valence-electron chi connectivity index (χ0n) is 12.5. The highest BCUT2D eigenvalue weighted by Gasteiger charge is 2.32. The Morgan fingerprint density at radius 2 is 2.24 bits per heavy atom. The van der Waals surface area contributed by atoms with Gasteiger partial charge < -0.3 is 20.1 Å². The SMILES string of the molecule is CCOCC(=O)Nc1ccc2c(c1)OCC(C)(C)C(=O)N2. The van der Waals surface area contributed by atoms with E-state index in [1.165, 1.54) is 0 Å². The Bertz CT molecular complexity index is 555. The lowest BCUT2D eigenvalue weighted by atomic mass is 9.94. The average molecular weight is 292 g/mol. The summed E-state index contributed by atoms with van der Waals surface area (Å²) in [6, 6.07) is 5.12. The maximum absolute atomic E-state index is 12.0. The Kier molecular flexibility index (Phi) is 4.47. The lowest BCUT2D eigenvalue weighted by molar-refractivity contribution is -0.125. The summed E-state index contributed by atoms with van der Waals surface area (Å²) in [4.78, 5) is 23.6. The zero-order valence-corrected chi connectivity index (χ0v) is 12.5. The summed E-state index contributed by atoms with van der Waals surface area (Å²) in [6.07, 6.45) is 0. The van der Waals surface area contributed by atoms with Gasteiger partial charge in [-0.15, -0.1) is 0 Å². The minimum atomic E-state index is -0.600. The number of rotatable bonds is 4. The van der Waals surface area contributed by atoms with Crippen molar-refractivity contribution in [1.82, 2.24) is 0 Å². The fourth-order valence-electron chi connectivity index (χ4n) is 1.83. The van der Waals surface area contributed by atoms with Crippen molar-refractivity contribution in [3.8, 4) is 5.75 Å². The van der Waals surface area contributed by atoms with Gasteiger partial charge in [-0.25, -0.2) is 0 Å². The Balaban J connectivity index is 2.12. The Labute approximate surface area is 123 Å². The number of fused-ring (bicyclic) bond motifs is 1. The van der Waals surface area contributed by atoms with Gasteiger partial charge in [-0.1, -0.05) is 0 Å². The molecular formula is C15H20N2O4. The maximum Gasteiger partial charge on any atom is 0.250 e. The first-order valence-corrected chi connectivity index (χ1v) is 6.88. The molecule has 0 atom stereocenters. The second kappa shape index (κ2) is 6.13. The molecule has 0 unspecified atom stereocenters. The van der Waals surface area contributed by atoms with Gasteiger partial charge in [0.05, 0.1) is 11.1 Å². The van der Waals surface area contributed by atoms with E-state index in [1.807, 2.05) is 20.8 Å². The van der Waals surface area contributed by atoms with Crippen molar-refractivity contribution in [2.45, 2.75) is 20.8 Å². The van der Waals surface area contributed by atoms with Gasteiger partial charge in [-0.3, -0.25) is 9.59 Å². The molecule has 1 aliphatic rings. The van der Waals surface area contributed by atoms with Gasteiger partial charge in [-0.05, 0) is 32.9 Å². The molecule has 1 heterocycles. The molecule has 1 aromatic rings. The number of carbonyl (C=O) groups is 2. The predicted molar refractivity (Wildman–Crippen MR) is 79.5 cm³/mol. The fraction of sp³-hybridized carbons (Fsp3) is 0.467. The van der Waals surface area contributed by atoms with Crippen LogP contribution in [-0.4, -0.2) is 31.6 Å². The molecule has 2 rings (SSSR count). The molecule has 0 aliphatic carbocycles. The lowest BCUT2D eigenvalue weighted by Gasteiger charge is -2.18. The largest absolute Gasteiger partial charge is 0.490 e. The third-order valence-corrected chi connectivity index (χ3v) is 3.15. The van der Waals surface area contributed by atoms with Crippen molar-refractivity contribution in [1.29, 1.82) is 0 Å². The van der Waals surface area contributed by atoms with E-state index in [0.717, 1.165) is 0 Å². The van der Waals surface area contributed by atoms with Crippen LogP contribution in [0.3, 0.4) is 0 Å². The zero-order chi connectivity index (χ0) is 15.5. The highest BCUT2D eigenvalue weighted by atomic mass is 16.5. The minimum Gasteiger partial charge on any atom is -0.490 e. The summed E-state index contributed by atoms with van der Waals surface area (Å²) in [5.41, 5.74) is 0.609. The highest BCUT2D eigenvalue weighted by Crippen LogP contribution is 2.34. The summed E-state index contributed by atoms with van der Waals surface area (Å²) in [7, 11) is 0.